The van der Waals surface area contributed by atoms with Gasteiger partial charge in [-0.1, -0.05) is 20.8 Å². The van der Waals surface area contributed by atoms with Crippen LogP contribution in [0.5, 0.6) is 0 Å². The van der Waals surface area contributed by atoms with Gasteiger partial charge in [0, 0.05) is 13.1 Å². The van der Waals surface area contributed by atoms with Gasteiger partial charge in [0.2, 0.25) is 5.91 Å². The van der Waals surface area contributed by atoms with Gasteiger partial charge in [0.15, 0.2) is 0 Å². The molecule has 96 valence electrons. The van der Waals surface area contributed by atoms with E-state index < -0.39 is 0 Å². The lowest BCUT2D eigenvalue weighted by Crippen LogP contribution is -2.48. The summed E-state index contributed by atoms with van der Waals surface area (Å²) in [4.78, 5) is 13.9. The van der Waals surface area contributed by atoms with Crippen molar-refractivity contribution in [1.82, 2.24) is 4.90 Å². The fourth-order valence-electron chi connectivity index (χ4n) is 2.23. The molecule has 0 aromatic heterocycles. The number of hydrogen-bond donors (Lipinski definition) is 1. The highest BCUT2D eigenvalue weighted by Gasteiger charge is 2.25. The zero-order valence-electron chi connectivity index (χ0n) is 10.6. The van der Waals surface area contributed by atoms with E-state index in [0.717, 1.165) is 25.9 Å². The molecule has 0 radical (unpaired) electrons. The van der Waals surface area contributed by atoms with Gasteiger partial charge in [-0.05, 0) is 31.1 Å². The van der Waals surface area contributed by atoms with Crippen molar-refractivity contribution in [2.24, 2.45) is 17.6 Å². The largest absolute Gasteiger partial charge is 0.341 e. The molecule has 1 amide bonds. The van der Waals surface area contributed by atoms with Crippen LogP contribution >= 0.6 is 12.4 Å². The molecule has 2 N–H and O–H groups in total. The number of likely N-dealkylation sites (tertiary alicyclic amines) is 1. The monoisotopic (exact) mass is 248 g/mol. The zero-order chi connectivity index (χ0) is 11.4. The molecule has 0 aromatic rings. The molecule has 1 aliphatic rings. The predicted molar refractivity (Wildman–Crippen MR) is 69.7 cm³/mol. The molecule has 0 bridgehead atoms. The maximum atomic E-state index is 12.0. The summed E-state index contributed by atoms with van der Waals surface area (Å²) >= 11 is 0. The first kappa shape index (κ1) is 15.7. The third-order valence-corrected chi connectivity index (χ3v) is 3.01. The van der Waals surface area contributed by atoms with E-state index in [0.29, 0.717) is 11.8 Å². The van der Waals surface area contributed by atoms with Gasteiger partial charge in [-0.3, -0.25) is 4.79 Å². The summed E-state index contributed by atoms with van der Waals surface area (Å²) in [5.41, 5.74) is 5.90. The molecular weight excluding hydrogens is 224 g/mol. The number of carbonyl (C=O) groups excluding carboxylic acids is 1. The molecule has 16 heavy (non-hydrogen) atoms. The fraction of sp³-hybridized carbons (Fsp3) is 0.917. The van der Waals surface area contributed by atoms with Crippen LogP contribution in [0.1, 0.15) is 40.0 Å². The fourth-order valence-corrected chi connectivity index (χ4v) is 2.23. The Morgan fingerprint density at radius 1 is 1.50 bits per heavy atom. The first-order valence-electron chi connectivity index (χ1n) is 6.05. The van der Waals surface area contributed by atoms with Gasteiger partial charge >= 0.3 is 0 Å². The minimum Gasteiger partial charge on any atom is -0.341 e. The van der Waals surface area contributed by atoms with Crippen LogP contribution in [0, 0.1) is 11.8 Å². The summed E-state index contributed by atoms with van der Waals surface area (Å²) in [5, 5.41) is 0. The lowest BCUT2D eigenvalue weighted by atomic mass is 9.98. The third kappa shape index (κ3) is 4.71. The van der Waals surface area contributed by atoms with Crippen molar-refractivity contribution in [2.75, 3.05) is 13.1 Å². The van der Waals surface area contributed by atoms with Gasteiger partial charge in [0.05, 0.1) is 6.04 Å². The Morgan fingerprint density at radius 3 is 2.62 bits per heavy atom. The van der Waals surface area contributed by atoms with Crippen LogP contribution in [0.2, 0.25) is 0 Å². The molecule has 1 saturated heterocycles. The summed E-state index contributed by atoms with van der Waals surface area (Å²) in [5.74, 6) is 1.27. The van der Waals surface area contributed by atoms with Crippen LogP contribution in [0.4, 0.5) is 0 Å². The highest BCUT2D eigenvalue weighted by atomic mass is 35.5. The number of nitrogens with zero attached hydrogens (tertiary/aromatic N) is 1. The Bertz CT molecular complexity index is 221. The molecular formula is C12H25ClN2O. The maximum Gasteiger partial charge on any atom is 0.239 e. The average Bonchev–Trinajstić information content (AvgIpc) is 2.15. The first-order chi connectivity index (χ1) is 7.00. The number of piperidine rings is 1. The Morgan fingerprint density at radius 2 is 2.12 bits per heavy atom. The van der Waals surface area contributed by atoms with Gasteiger partial charge in [-0.2, -0.15) is 0 Å². The van der Waals surface area contributed by atoms with Gasteiger partial charge in [0.1, 0.15) is 0 Å². The zero-order valence-corrected chi connectivity index (χ0v) is 11.4. The second-order valence-corrected chi connectivity index (χ2v) is 5.27. The first-order valence-corrected chi connectivity index (χ1v) is 6.05. The number of hydrogen-bond acceptors (Lipinski definition) is 2. The lowest BCUT2D eigenvalue weighted by Gasteiger charge is -2.33. The summed E-state index contributed by atoms with van der Waals surface area (Å²) < 4.78 is 0. The van der Waals surface area contributed by atoms with Crippen molar-refractivity contribution in [3.63, 3.8) is 0 Å². The van der Waals surface area contributed by atoms with Crippen molar-refractivity contribution in [2.45, 2.75) is 46.1 Å². The van der Waals surface area contributed by atoms with E-state index in [4.69, 9.17) is 5.73 Å². The normalized spacial score (nSPS) is 22.8. The van der Waals surface area contributed by atoms with Crippen molar-refractivity contribution >= 4 is 18.3 Å². The van der Waals surface area contributed by atoms with E-state index in [2.05, 4.69) is 20.8 Å². The molecule has 3 nitrogen and oxygen atoms in total. The van der Waals surface area contributed by atoms with Crippen LogP contribution in [0.3, 0.4) is 0 Å². The second-order valence-electron chi connectivity index (χ2n) is 5.27. The highest BCUT2D eigenvalue weighted by Crippen LogP contribution is 2.17. The van der Waals surface area contributed by atoms with Gasteiger partial charge in [-0.25, -0.2) is 0 Å². The Hall–Kier alpha value is -0.280. The maximum absolute atomic E-state index is 12.0. The predicted octanol–water partition coefficient (Wildman–Crippen LogP) is 2.04. The summed E-state index contributed by atoms with van der Waals surface area (Å²) in [6.07, 6.45) is 3.16. The number of rotatable bonds is 3. The highest BCUT2D eigenvalue weighted by molar-refractivity contribution is 5.85. The van der Waals surface area contributed by atoms with E-state index in [9.17, 15) is 4.79 Å². The molecule has 1 unspecified atom stereocenters. The van der Waals surface area contributed by atoms with Crippen LogP contribution < -0.4 is 5.73 Å². The van der Waals surface area contributed by atoms with Crippen LogP contribution in [0.25, 0.3) is 0 Å². The average molecular weight is 249 g/mol. The Labute approximate surface area is 105 Å². The minimum absolute atomic E-state index is 0. The molecule has 4 heteroatoms. The molecule has 0 aliphatic carbocycles. The molecule has 2 atom stereocenters. The van der Waals surface area contributed by atoms with E-state index in [-0.39, 0.29) is 24.4 Å². The molecule has 1 fully saturated rings. The lowest BCUT2D eigenvalue weighted by molar-refractivity contribution is -0.134. The Kier molecular flexibility index (Phi) is 7.00. The van der Waals surface area contributed by atoms with E-state index in [1.54, 1.807) is 0 Å². The van der Waals surface area contributed by atoms with Gasteiger partial charge < -0.3 is 10.6 Å². The quantitative estimate of drug-likeness (QED) is 0.831. The molecule has 1 heterocycles. The number of halogens is 1. The number of amides is 1. The van der Waals surface area contributed by atoms with Gasteiger partial charge in [-0.15, -0.1) is 12.4 Å². The van der Waals surface area contributed by atoms with Crippen molar-refractivity contribution in [1.29, 1.82) is 0 Å². The SMILES string of the molecule is CC(C)C[C@H](N)C(=O)N1CCCC(C)C1.Cl. The van der Waals surface area contributed by atoms with E-state index >= 15 is 0 Å². The summed E-state index contributed by atoms with van der Waals surface area (Å²) in [6.45, 7) is 8.20. The summed E-state index contributed by atoms with van der Waals surface area (Å²) in [6, 6.07) is -0.296. The molecule has 1 rings (SSSR count). The minimum atomic E-state index is -0.296. The molecule has 1 aliphatic heterocycles. The Balaban J connectivity index is 0.00000225. The smallest absolute Gasteiger partial charge is 0.239 e. The second kappa shape index (κ2) is 7.13. The standard InChI is InChI=1S/C12H24N2O.ClH/c1-9(2)7-11(13)12(15)14-6-4-5-10(3)8-14;/h9-11H,4-8,13H2,1-3H3;1H/t10?,11-;/m0./s1. The van der Waals surface area contributed by atoms with Crippen LogP contribution in [-0.4, -0.2) is 29.9 Å². The van der Waals surface area contributed by atoms with Crippen LogP contribution in [0.15, 0.2) is 0 Å². The van der Waals surface area contributed by atoms with E-state index in [1.165, 1.54) is 6.42 Å². The third-order valence-electron chi connectivity index (χ3n) is 3.01. The topological polar surface area (TPSA) is 46.3 Å². The van der Waals surface area contributed by atoms with Crippen molar-refractivity contribution < 1.29 is 4.79 Å². The van der Waals surface area contributed by atoms with Crippen LogP contribution in [-0.2, 0) is 4.79 Å². The number of carbonyl (C=O) groups is 1. The molecule has 0 saturated carbocycles. The molecule has 0 spiro atoms. The van der Waals surface area contributed by atoms with Gasteiger partial charge in [0.25, 0.3) is 0 Å². The van der Waals surface area contributed by atoms with Crippen molar-refractivity contribution in [3.05, 3.63) is 0 Å². The van der Waals surface area contributed by atoms with E-state index in [1.807, 2.05) is 4.90 Å². The summed E-state index contributed by atoms with van der Waals surface area (Å²) in [7, 11) is 0. The van der Waals surface area contributed by atoms with Crippen molar-refractivity contribution in [3.8, 4) is 0 Å². The molecule has 0 aromatic carbocycles. The number of nitrogens with two attached hydrogens (primary N) is 1.